The van der Waals surface area contributed by atoms with Crippen LogP contribution in [0.3, 0.4) is 0 Å². The average molecular weight is 496 g/mol. The van der Waals surface area contributed by atoms with Gasteiger partial charge in [0.05, 0.1) is 18.3 Å². The number of aliphatic carboxylic acids is 1. The summed E-state index contributed by atoms with van der Waals surface area (Å²) in [5.41, 5.74) is 6.85. The number of hydrogen-bond donors (Lipinski definition) is 5. The topological polar surface area (TPSA) is 150 Å². The molecule has 1 aliphatic carbocycles. The molecule has 0 spiro atoms. The van der Waals surface area contributed by atoms with Gasteiger partial charge in [-0.15, -0.1) is 0 Å². The van der Waals surface area contributed by atoms with Gasteiger partial charge in [-0.25, -0.2) is 4.79 Å². The number of halogens is 3. The van der Waals surface area contributed by atoms with Crippen LogP contribution in [0.2, 0.25) is 0 Å². The summed E-state index contributed by atoms with van der Waals surface area (Å²) in [6.07, 6.45) is -0.221. The Labute approximate surface area is 190 Å². The van der Waals surface area contributed by atoms with Crippen LogP contribution in [0.5, 0.6) is 0 Å². The molecule has 0 saturated heterocycles. The number of hydrogen-bond acceptors (Lipinski definition) is 5. The number of alkyl halides is 3. The van der Waals surface area contributed by atoms with Crippen molar-refractivity contribution in [2.45, 2.75) is 56.8 Å². The molecule has 0 aliphatic heterocycles. The summed E-state index contributed by atoms with van der Waals surface area (Å²) in [6, 6.07) is 8.74. The number of nitrogens with two attached hydrogens (primary N) is 1. The Hall–Kier alpha value is -1.94. The second-order valence-electron chi connectivity index (χ2n) is 8.21. The highest BCUT2D eigenvalue weighted by molar-refractivity contribution is 7.58. The molecule has 0 radical (unpaired) electrons. The van der Waals surface area contributed by atoms with Crippen LogP contribution in [0.4, 0.5) is 13.2 Å². The molecular formula is C21H32F3N2O6P. The first-order valence-electron chi connectivity index (χ1n) is 10.7. The van der Waals surface area contributed by atoms with Crippen LogP contribution in [0.1, 0.15) is 37.7 Å². The van der Waals surface area contributed by atoms with Crippen molar-refractivity contribution in [2.24, 2.45) is 11.7 Å². The number of aliphatic hydroxyl groups is 1. The van der Waals surface area contributed by atoms with E-state index in [0.717, 1.165) is 31.2 Å². The minimum Gasteiger partial charge on any atom is -0.475 e. The minimum absolute atomic E-state index is 0.0590. The molecule has 1 saturated carbocycles. The quantitative estimate of drug-likeness (QED) is 0.330. The smallest absolute Gasteiger partial charge is 0.475 e. The molecule has 33 heavy (non-hydrogen) atoms. The van der Waals surface area contributed by atoms with Crippen molar-refractivity contribution in [3.8, 4) is 0 Å². The third-order valence-corrected chi connectivity index (χ3v) is 7.23. The lowest BCUT2D eigenvalue weighted by Crippen LogP contribution is -2.45. The van der Waals surface area contributed by atoms with E-state index < -0.39 is 31.7 Å². The van der Waals surface area contributed by atoms with Crippen LogP contribution in [0, 0.1) is 5.92 Å². The minimum atomic E-state index is -5.08. The Morgan fingerprint density at radius 3 is 2.21 bits per heavy atom. The number of amides is 1. The van der Waals surface area contributed by atoms with E-state index in [-0.39, 0.29) is 30.7 Å². The number of rotatable bonds is 9. The van der Waals surface area contributed by atoms with Gasteiger partial charge in [0.25, 0.3) is 0 Å². The lowest BCUT2D eigenvalue weighted by molar-refractivity contribution is -0.192. The second kappa shape index (κ2) is 13.7. The van der Waals surface area contributed by atoms with Crippen molar-refractivity contribution in [1.29, 1.82) is 0 Å². The zero-order valence-electron chi connectivity index (χ0n) is 18.2. The maximum absolute atomic E-state index is 12.4. The van der Waals surface area contributed by atoms with Gasteiger partial charge in [0.15, 0.2) is 0 Å². The fraction of sp³-hybridized carbons (Fsp3) is 0.619. The Kier molecular flexibility index (Phi) is 12.1. The monoisotopic (exact) mass is 496 g/mol. The van der Waals surface area contributed by atoms with Crippen molar-refractivity contribution >= 4 is 19.2 Å². The zero-order valence-corrected chi connectivity index (χ0v) is 19.1. The van der Waals surface area contributed by atoms with Gasteiger partial charge in [0.2, 0.25) is 13.3 Å². The number of carboxylic acids is 1. The predicted octanol–water partition coefficient (Wildman–Crippen LogP) is 2.52. The predicted molar refractivity (Wildman–Crippen MR) is 117 cm³/mol. The summed E-state index contributed by atoms with van der Waals surface area (Å²) in [4.78, 5) is 31.1. The van der Waals surface area contributed by atoms with Crippen molar-refractivity contribution < 1.29 is 42.4 Å². The molecule has 0 aromatic heterocycles. The largest absolute Gasteiger partial charge is 0.490 e. The third kappa shape index (κ3) is 12.8. The molecule has 1 unspecified atom stereocenters. The van der Waals surface area contributed by atoms with E-state index in [1.54, 1.807) is 0 Å². The van der Waals surface area contributed by atoms with E-state index in [9.17, 15) is 32.5 Å². The fourth-order valence-corrected chi connectivity index (χ4v) is 5.66. The van der Waals surface area contributed by atoms with Crippen molar-refractivity contribution in [3.63, 3.8) is 0 Å². The van der Waals surface area contributed by atoms with Gasteiger partial charge < -0.3 is 26.2 Å². The number of aliphatic hydroxyl groups excluding tert-OH is 1. The molecule has 1 fully saturated rings. The van der Waals surface area contributed by atoms with Crippen LogP contribution in [0.25, 0.3) is 0 Å². The second-order valence-corrected chi connectivity index (χ2v) is 10.6. The Morgan fingerprint density at radius 1 is 1.15 bits per heavy atom. The summed E-state index contributed by atoms with van der Waals surface area (Å²) in [5, 5.41) is 19.8. The molecule has 12 heteroatoms. The van der Waals surface area contributed by atoms with Crippen LogP contribution in [0.15, 0.2) is 30.3 Å². The molecule has 0 heterocycles. The van der Waals surface area contributed by atoms with Crippen LogP contribution >= 0.6 is 7.37 Å². The first-order chi connectivity index (χ1) is 15.3. The summed E-state index contributed by atoms with van der Waals surface area (Å²) in [5.74, 6) is -2.85. The maximum atomic E-state index is 12.4. The summed E-state index contributed by atoms with van der Waals surface area (Å²) in [7, 11) is -3.39. The van der Waals surface area contributed by atoms with E-state index in [2.05, 4.69) is 5.32 Å². The fourth-order valence-electron chi connectivity index (χ4n) is 3.55. The standard InChI is InChI=1S/C19H31N2O4P.C2HF3O2/c20-18(11-15-7-3-1-4-8-15)19(23)21-12-17(22)14-26(24,25)13-16-9-5-2-6-10-16;3-2(4,5)1(6)7/h1,3-4,7-8,16-18,22H,2,5-6,9-14,20H2,(H,21,23)(H,24,25);(H,6,7)/t17-,18+;/m1./s1. The molecule has 1 aromatic carbocycles. The number of carbonyl (C=O) groups excluding carboxylic acids is 1. The van der Waals surface area contributed by atoms with Crippen molar-refractivity contribution in [1.82, 2.24) is 5.32 Å². The van der Waals surface area contributed by atoms with Crippen molar-refractivity contribution in [2.75, 3.05) is 18.9 Å². The third-order valence-electron chi connectivity index (χ3n) is 5.15. The molecule has 2 rings (SSSR count). The first-order valence-corrected chi connectivity index (χ1v) is 12.7. The van der Waals surface area contributed by atoms with E-state index in [1.807, 2.05) is 30.3 Å². The molecule has 1 aromatic rings. The Balaban J connectivity index is 0.000000675. The first kappa shape index (κ1) is 29.1. The normalized spacial score (nSPS) is 18.2. The summed E-state index contributed by atoms with van der Waals surface area (Å²) in [6.45, 7) is -0.0590. The van der Waals surface area contributed by atoms with Gasteiger partial charge in [-0.05, 0) is 30.7 Å². The van der Waals surface area contributed by atoms with E-state index in [1.165, 1.54) is 6.42 Å². The Bertz CT molecular complexity index is 788. The number of carboxylic acid groups (broad SMARTS) is 1. The highest BCUT2D eigenvalue weighted by Gasteiger charge is 2.38. The molecule has 1 aliphatic rings. The summed E-state index contributed by atoms with van der Waals surface area (Å²) >= 11 is 0. The van der Waals surface area contributed by atoms with Gasteiger partial charge >= 0.3 is 12.1 Å². The lowest BCUT2D eigenvalue weighted by Gasteiger charge is -2.25. The average Bonchev–Trinajstić information content (AvgIpc) is 2.72. The van der Waals surface area contributed by atoms with E-state index in [0.29, 0.717) is 6.42 Å². The molecule has 8 nitrogen and oxygen atoms in total. The summed E-state index contributed by atoms with van der Waals surface area (Å²) < 4.78 is 44.1. The lowest BCUT2D eigenvalue weighted by atomic mass is 9.91. The van der Waals surface area contributed by atoms with E-state index >= 15 is 0 Å². The van der Waals surface area contributed by atoms with Gasteiger partial charge in [0.1, 0.15) is 0 Å². The molecule has 0 bridgehead atoms. The highest BCUT2D eigenvalue weighted by atomic mass is 31.2. The van der Waals surface area contributed by atoms with Gasteiger partial charge in [-0.2, -0.15) is 13.2 Å². The molecule has 1 amide bonds. The SMILES string of the molecule is N[C@@H](Cc1ccccc1)C(=O)NC[C@@H](O)CP(=O)(O)CC1CCCCC1.O=C(O)C(F)(F)F. The molecule has 6 N–H and O–H groups in total. The molecular weight excluding hydrogens is 464 g/mol. The zero-order chi connectivity index (χ0) is 25.1. The molecule has 3 atom stereocenters. The number of benzene rings is 1. The highest BCUT2D eigenvalue weighted by Crippen LogP contribution is 2.45. The van der Waals surface area contributed by atoms with Crippen LogP contribution < -0.4 is 11.1 Å². The van der Waals surface area contributed by atoms with E-state index in [4.69, 9.17) is 15.6 Å². The van der Waals surface area contributed by atoms with Crippen molar-refractivity contribution in [3.05, 3.63) is 35.9 Å². The van der Waals surface area contributed by atoms with Gasteiger partial charge in [-0.3, -0.25) is 9.36 Å². The maximum Gasteiger partial charge on any atom is 0.490 e. The number of carbonyl (C=O) groups is 2. The van der Waals surface area contributed by atoms with Gasteiger partial charge in [-0.1, -0.05) is 49.6 Å². The Morgan fingerprint density at radius 2 is 1.70 bits per heavy atom. The number of nitrogens with one attached hydrogen (secondary N) is 1. The molecule has 188 valence electrons. The van der Waals surface area contributed by atoms with Crippen LogP contribution in [-0.2, 0) is 20.6 Å². The van der Waals surface area contributed by atoms with Gasteiger partial charge in [0, 0.05) is 12.7 Å². The van der Waals surface area contributed by atoms with Crippen LogP contribution in [-0.4, -0.2) is 64.2 Å².